The summed E-state index contributed by atoms with van der Waals surface area (Å²) in [6.45, 7) is 0. The van der Waals surface area contributed by atoms with Gasteiger partial charge in [0.15, 0.2) is 6.29 Å². The molecule has 4 N–H and O–H groups in total. The molecule has 1 aromatic carbocycles. The van der Waals surface area contributed by atoms with Gasteiger partial charge >= 0.3 is 0 Å². The number of para-hydroxylation sites is 1. The van der Waals surface area contributed by atoms with Crippen LogP contribution in [-0.2, 0) is 0 Å². The van der Waals surface area contributed by atoms with Crippen LogP contribution in [0.5, 0.6) is 0 Å². The number of nitrogens with zero attached hydrogens (tertiary/aromatic N) is 1. The van der Waals surface area contributed by atoms with Crippen molar-refractivity contribution in [2.24, 2.45) is 0 Å². The normalized spacial score (nSPS) is 9.68. The first-order valence-electron chi connectivity index (χ1n) is 5.61. The number of fused-ring (bicyclic) bond motifs is 1. The predicted octanol–water partition coefficient (Wildman–Crippen LogP) is 2.96. The molecule has 0 amide bonds. The zero-order valence-corrected chi connectivity index (χ0v) is 10.9. The molecule has 0 unspecified atom stereocenters. The first-order valence-corrected chi connectivity index (χ1v) is 6.42. The minimum absolute atomic E-state index is 0.540. The Morgan fingerprint density at radius 1 is 1.05 bits per heavy atom. The topological polar surface area (TPSA) is 82.0 Å². The van der Waals surface area contributed by atoms with E-state index < -0.39 is 0 Å². The standard InChI is InChI=1S/C8H6N2OS.C6H7N/c9-7-5-2-1-3-10-8(5)12-6(7)4-11;7-6-4-2-1-3-5-6/h1-4H,9H2;1-5H,7H2. The molecule has 0 spiro atoms. The van der Waals surface area contributed by atoms with Gasteiger partial charge in [0.05, 0.1) is 10.6 Å². The zero-order chi connectivity index (χ0) is 13.7. The smallest absolute Gasteiger partial charge is 0.162 e. The van der Waals surface area contributed by atoms with Gasteiger partial charge in [-0.2, -0.15) is 0 Å². The van der Waals surface area contributed by atoms with Crippen LogP contribution in [0.2, 0.25) is 0 Å². The van der Waals surface area contributed by atoms with Crippen LogP contribution in [-0.4, -0.2) is 11.3 Å². The molecule has 3 aromatic rings. The summed E-state index contributed by atoms with van der Waals surface area (Å²) in [5, 5.41) is 0.865. The molecular weight excluding hydrogens is 258 g/mol. The van der Waals surface area contributed by atoms with Crippen molar-refractivity contribution in [3.05, 3.63) is 53.5 Å². The summed E-state index contributed by atoms with van der Waals surface area (Å²) < 4.78 is 0. The molecule has 0 bridgehead atoms. The third kappa shape index (κ3) is 3.08. The number of benzene rings is 1. The second-order valence-electron chi connectivity index (χ2n) is 3.76. The SMILES string of the molecule is Nc1c(C=O)sc2ncccc12.Nc1ccccc1. The number of thiophene rings is 1. The van der Waals surface area contributed by atoms with Crippen LogP contribution in [0.4, 0.5) is 11.4 Å². The molecule has 4 nitrogen and oxygen atoms in total. The molecule has 0 fully saturated rings. The van der Waals surface area contributed by atoms with Gasteiger partial charge in [0, 0.05) is 17.3 Å². The second-order valence-corrected chi connectivity index (χ2v) is 4.80. The zero-order valence-electron chi connectivity index (χ0n) is 10.1. The highest BCUT2D eigenvalue weighted by Gasteiger charge is 2.07. The molecule has 5 heteroatoms. The molecule has 3 rings (SSSR count). The van der Waals surface area contributed by atoms with Crippen molar-refractivity contribution in [2.45, 2.75) is 0 Å². The Balaban J connectivity index is 0.000000163. The minimum Gasteiger partial charge on any atom is -0.399 e. The van der Waals surface area contributed by atoms with Crippen LogP contribution in [0.15, 0.2) is 48.7 Å². The van der Waals surface area contributed by atoms with Gasteiger partial charge < -0.3 is 11.5 Å². The quantitative estimate of drug-likeness (QED) is 0.526. The van der Waals surface area contributed by atoms with Crippen molar-refractivity contribution in [1.82, 2.24) is 4.98 Å². The Kier molecular flexibility index (Phi) is 4.10. The molecule has 0 saturated carbocycles. The molecule has 0 aliphatic heterocycles. The van der Waals surface area contributed by atoms with Crippen molar-refractivity contribution in [2.75, 3.05) is 11.5 Å². The summed E-state index contributed by atoms with van der Waals surface area (Å²) in [5.41, 5.74) is 12.4. The Labute approximate surface area is 114 Å². The Morgan fingerprint density at radius 3 is 2.32 bits per heavy atom. The fraction of sp³-hybridized carbons (Fsp3) is 0. The third-order valence-electron chi connectivity index (χ3n) is 2.44. The number of carbonyl (C=O) groups is 1. The van der Waals surface area contributed by atoms with Crippen molar-refractivity contribution in [3.63, 3.8) is 0 Å². The monoisotopic (exact) mass is 271 g/mol. The van der Waals surface area contributed by atoms with E-state index in [0.717, 1.165) is 22.2 Å². The summed E-state index contributed by atoms with van der Waals surface area (Å²) in [7, 11) is 0. The number of aldehydes is 1. The first-order chi connectivity index (χ1) is 9.22. The van der Waals surface area contributed by atoms with Gasteiger partial charge in [0.25, 0.3) is 0 Å². The van der Waals surface area contributed by atoms with Crippen LogP contribution >= 0.6 is 11.3 Å². The van der Waals surface area contributed by atoms with E-state index in [1.807, 2.05) is 36.4 Å². The summed E-state index contributed by atoms with van der Waals surface area (Å²) in [6, 6.07) is 13.2. The Bertz CT molecular complexity index is 679. The lowest BCUT2D eigenvalue weighted by Crippen LogP contribution is -1.86. The average molecular weight is 271 g/mol. The molecule has 0 aliphatic carbocycles. The molecule has 0 radical (unpaired) electrons. The number of aromatic nitrogens is 1. The van der Waals surface area contributed by atoms with Crippen molar-refractivity contribution in [1.29, 1.82) is 0 Å². The lowest BCUT2D eigenvalue weighted by atomic mass is 10.3. The van der Waals surface area contributed by atoms with Crippen LogP contribution in [0.25, 0.3) is 10.2 Å². The molecular formula is C14H13N3OS. The maximum absolute atomic E-state index is 10.5. The van der Waals surface area contributed by atoms with E-state index in [1.54, 1.807) is 12.3 Å². The van der Waals surface area contributed by atoms with E-state index >= 15 is 0 Å². The highest BCUT2D eigenvalue weighted by molar-refractivity contribution is 7.20. The van der Waals surface area contributed by atoms with E-state index in [4.69, 9.17) is 11.5 Å². The highest BCUT2D eigenvalue weighted by atomic mass is 32.1. The van der Waals surface area contributed by atoms with Crippen molar-refractivity contribution >= 4 is 39.2 Å². The fourth-order valence-corrected chi connectivity index (χ4v) is 2.39. The lowest BCUT2D eigenvalue weighted by Gasteiger charge is -1.87. The van der Waals surface area contributed by atoms with Crippen molar-refractivity contribution in [3.8, 4) is 0 Å². The lowest BCUT2D eigenvalue weighted by molar-refractivity contribution is 0.112. The Hall–Kier alpha value is -2.40. The van der Waals surface area contributed by atoms with Gasteiger partial charge in [-0.15, -0.1) is 11.3 Å². The second kappa shape index (κ2) is 5.97. The number of hydrogen-bond donors (Lipinski definition) is 2. The Morgan fingerprint density at radius 2 is 1.79 bits per heavy atom. The number of nitrogen functional groups attached to an aromatic ring is 2. The van der Waals surface area contributed by atoms with E-state index in [-0.39, 0.29) is 0 Å². The van der Waals surface area contributed by atoms with Gasteiger partial charge in [-0.25, -0.2) is 4.98 Å². The predicted molar refractivity (Wildman–Crippen MR) is 80.3 cm³/mol. The molecule has 0 atom stereocenters. The summed E-state index contributed by atoms with van der Waals surface area (Å²) >= 11 is 1.32. The molecule has 0 aliphatic rings. The fourth-order valence-electron chi connectivity index (χ4n) is 1.51. The van der Waals surface area contributed by atoms with Crippen LogP contribution in [0, 0.1) is 0 Å². The van der Waals surface area contributed by atoms with Gasteiger partial charge in [-0.1, -0.05) is 18.2 Å². The summed E-state index contributed by atoms with van der Waals surface area (Å²) in [5.74, 6) is 0. The number of carbonyl (C=O) groups excluding carboxylic acids is 1. The molecule has 2 aromatic heterocycles. The number of pyridine rings is 1. The van der Waals surface area contributed by atoms with E-state index in [9.17, 15) is 4.79 Å². The molecule has 19 heavy (non-hydrogen) atoms. The van der Waals surface area contributed by atoms with Gasteiger partial charge in [-0.05, 0) is 24.3 Å². The van der Waals surface area contributed by atoms with Gasteiger partial charge in [-0.3, -0.25) is 4.79 Å². The third-order valence-corrected chi connectivity index (χ3v) is 3.49. The summed E-state index contributed by atoms with van der Waals surface area (Å²) in [4.78, 5) is 16.0. The van der Waals surface area contributed by atoms with E-state index in [0.29, 0.717) is 10.6 Å². The minimum atomic E-state index is 0.540. The maximum Gasteiger partial charge on any atom is 0.162 e. The number of rotatable bonds is 1. The first kappa shape index (κ1) is 13.0. The van der Waals surface area contributed by atoms with E-state index in [1.165, 1.54) is 11.3 Å². The van der Waals surface area contributed by atoms with Crippen LogP contribution < -0.4 is 11.5 Å². The maximum atomic E-state index is 10.5. The summed E-state index contributed by atoms with van der Waals surface area (Å²) in [6.07, 6.45) is 2.45. The highest BCUT2D eigenvalue weighted by Crippen LogP contribution is 2.30. The van der Waals surface area contributed by atoms with Crippen LogP contribution in [0.1, 0.15) is 9.67 Å². The average Bonchev–Trinajstić information content (AvgIpc) is 2.78. The van der Waals surface area contributed by atoms with E-state index in [2.05, 4.69) is 4.98 Å². The largest absolute Gasteiger partial charge is 0.399 e. The van der Waals surface area contributed by atoms with Crippen LogP contribution in [0.3, 0.4) is 0 Å². The number of nitrogens with two attached hydrogens (primary N) is 2. The van der Waals surface area contributed by atoms with Gasteiger partial charge in [0.1, 0.15) is 4.83 Å². The van der Waals surface area contributed by atoms with Crippen molar-refractivity contribution < 1.29 is 4.79 Å². The molecule has 2 heterocycles. The van der Waals surface area contributed by atoms with Gasteiger partial charge in [0.2, 0.25) is 0 Å². The molecule has 96 valence electrons. The number of hydrogen-bond acceptors (Lipinski definition) is 5. The number of anilines is 2. The molecule has 0 saturated heterocycles.